The van der Waals surface area contributed by atoms with Gasteiger partial charge >= 0.3 is 0 Å². The fraction of sp³-hybridized carbons (Fsp3) is 0.680. The van der Waals surface area contributed by atoms with E-state index in [9.17, 15) is 10.1 Å². The number of carbonyl (C=O) groups excluding carboxylic acids is 1. The molecule has 1 aromatic heterocycles. The molecule has 4 N–H and O–H groups in total. The first-order valence-electron chi connectivity index (χ1n) is 12.1. The van der Waals surface area contributed by atoms with Gasteiger partial charge in [0, 0.05) is 24.7 Å². The Morgan fingerprint density at radius 1 is 1.27 bits per heavy atom. The van der Waals surface area contributed by atoms with Crippen LogP contribution in [0.4, 0.5) is 5.82 Å². The number of nitrogens with zero attached hydrogens (tertiary/aromatic N) is 4. The SMILES string of the molecule is CC(CC#N)(C(N)=NC1C2CC3CC1CC(C(N)=O)(C3)C2)c1ccc(N2CCOCC2)nc1. The van der Waals surface area contributed by atoms with Crippen LogP contribution >= 0.6 is 0 Å². The Balaban J connectivity index is 1.40. The van der Waals surface area contributed by atoms with Crippen molar-refractivity contribution < 1.29 is 9.53 Å². The highest BCUT2D eigenvalue weighted by molar-refractivity contribution is 5.92. The van der Waals surface area contributed by atoms with E-state index in [0.717, 1.165) is 56.6 Å². The van der Waals surface area contributed by atoms with Gasteiger partial charge in [0.1, 0.15) is 11.7 Å². The number of aromatic nitrogens is 1. The van der Waals surface area contributed by atoms with Gasteiger partial charge in [0.15, 0.2) is 0 Å². The van der Waals surface area contributed by atoms with E-state index in [1.54, 1.807) is 0 Å². The number of rotatable bonds is 6. The van der Waals surface area contributed by atoms with Gasteiger partial charge in [0.05, 0.1) is 37.2 Å². The molecule has 3 unspecified atom stereocenters. The van der Waals surface area contributed by atoms with Crippen molar-refractivity contribution in [3.05, 3.63) is 23.9 Å². The lowest BCUT2D eigenvalue weighted by molar-refractivity contribution is -0.144. The van der Waals surface area contributed by atoms with E-state index in [-0.39, 0.29) is 23.8 Å². The molecule has 2 heterocycles. The van der Waals surface area contributed by atoms with Crippen molar-refractivity contribution in [2.24, 2.45) is 39.6 Å². The van der Waals surface area contributed by atoms with Crippen LogP contribution in [0.5, 0.6) is 0 Å². The number of amidine groups is 1. The largest absolute Gasteiger partial charge is 0.387 e. The molecular formula is C25H34N6O2. The number of nitriles is 1. The lowest BCUT2D eigenvalue weighted by atomic mass is 9.47. The fourth-order valence-corrected chi connectivity index (χ4v) is 7.00. The average Bonchev–Trinajstić information content (AvgIpc) is 2.81. The number of hydrogen-bond acceptors (Lipinski definition) is 6. The molecule has 6 rings (SSSR count). The Labute approximate surface area is 195 Å². The van der Waals surface area contributed by atoms with E-state index < -0.39 is 5.41 Å². The highest BCUT2D eigenvalue weighted by Gasteiger charge is 2.58. The minimum atomic E-state index is -0.707. The van der Waals surface area contributed by atoms with Crippen LogP contribution in [0.2, 0.25) is 0 Å². The minimum absolute atomic E-state index is 0.104. The summed E-state index contributed by atoms with van der Waals surface area (Å²) >= 11 is 0. The van der Waals surface area contributed by atoms with Crippen molar-refractivity contribution in [1.82, 2.24) is 4.98 Å². The van der Waals surface area contributed by atoms with Crippen molar-refractivity contribution in [2.45, 2.75) is 56.9 Å². The normalized spacial score (nSPS) is 35.2. The smallest absolute Gasteiger partial charge is 0.223 e. The van der Waals surface area contributed by atoms with E-state index >= 15 is 0 Å². The van der Waals surface area contributed by atoms with Crippen LogP contribution in [0.3, 0.4) is 0 Å². The number of pyridine rings is 1. The lowest BCUT2D eigenvalue weighted by Gasteiger charge is -2.57. The highest BCUT2D eigenvalue weighted by Crippen LogP contribution is 2.60. The summed E-state index contributed by atoms with van der Waals surface area (Å²) in [5.41, 5.74) is 12.4. The third-order valence-electron chi connectivity index (χ3n) is 8.75. The van der Waals surface area contributed by atoms with Gasteiger partial charge in [-0.15, -0.1) is 0 Å². The van der Waals surface area contributed by atoms with Crippen LogP contribution in [0, 0.1) is 34.5 Å². The summed E-state index contributed by atoms with van der Waals surface area (Å²) in [7, 11) is 0. The summed E-state index contributed by atoms with van der Waals surface area (Å²) in [4.78, 5) is 24.2. The Bertz CT molecular complexity index is 964. The van der Waals surface area contributed by atoms with Crippen LogP contribution < -0.4 is 16.4 Å². The van der Waals surface area contributed by atoms with Crippen molar-refractivity contribution in [3.63, 3.8) is 0 Å². The molecule has 8 heteroatoms. The molecule has 176 valence electrons. The van der Waals surface area contributed by atoms with Crippen molar-refractivity contribution in [3.8, 4) is 6.07 Å². The second-order valence-electron chi connectivity index (χ2n) is 10.8. The molecule has 0 aromatic carbocycles. The standard InChI is InChI=1S/C25H34N6O2/c1-24(4-5-26,19-2-3-20(29-15-19)31-6-8-33-9-7-31)22(27)30-21-17-10-16-11-18(21)14-25(12-16,13-17)23(28)32/h2-3,15-18,21H,4,6-14H2,1H3,(H2,27,30)(H2,28,32). The number of carbonyl (C=O) groups is 1. The maximum absolute atomic E-state index is 12.3. The second kappa shape index (κ2) is 8.28. The van der Waals surface area contributed by atoms with E-state index in [2.05, 4.69) is 16.0 Å². The molecule has 4 saturated carbocycles. The van der Waals surface area contributed by atoms with E-state index in [1.807, 2.05) is 25.3 Å². The molecule has 1 aromatic rings. The maximum Gasteiger partial charge on any atom is 0.223 e. The summed E-state index contributed by atoms with van der Waals surface area (Å²) in [5, 5.41) is 9.62. The van der Waals surface area contributed by atoms with Gasteiger partial charge < -0.3 is 21.1 Å². The first kappa shape index (κ1) is 22.1. The van der Waals surface area contributed by atoms with Gasteiger partial charge in [-0.1, -0.05) is 6.07 Å². The third-order valence-corrected chi connectivity index (χ3v) is 8.75. The number of hydrogen-bond donors (Lipinski definition) is 2. The summed E-state index contributed by atoms with van der Waals surface area (Å²) < 4.78 is 5.43. The molecular weight excluding hydrogens is 416 g/mol. The summed E-state index contributed by atoms with van der Waals surface area (Å²) in [6.45, 7) is 5.04. The number of primary amides is 1. The zero-order valence-electron chi connectivity index (χ0n) is 19.4. The Kier molecular flexibility index (Phi) is 5.56. The highest BCUT2D eigenvalue weighted by atomic mass is 16.5. The van der Waals surface area contributed by atoms with Crippen LogP contribution in [-0.4, -0.2) is 49.1 Å². The predicted molar refractivity (Wildman–Crippen MR) is 125 cm³/mol. The van der Waals surface area contributed by atoms with E-state index in [1.165, 1.54) is 0 Å². The zero-order valence-corrected chi connectivity index (χ0v) is 19.4. The fourth-order valence-electron chi connectivity index (χ4n) is 7.00. The quantitative estimate of drug-likeness (QED) is 0.504. The van der Waals surface area contributed by atoms with Gasteiger partial charge in [-0.3, -0.25) is 9.79 Å². The van der Waals surface area contributed by atoms with E-state index in [4.69, 9.17) is 21.2 Å². The van der Waals surface area contributed by atoms with Crippen molar-refractivity contribution in [1.29, 1.82) is 5.26 Å². The summed E-state index contributed by atoms with van der Waals surface area (Å²) in [6.07, 6.45) is 6.84. The molecule has 0 radical (unpaired) electrons. The van der Waals surface area contributed by atoms with Gasteiger partial charge in [-0.25, -0.2) is 4.98 Å². The summed E-state index contributed by atoms with van der Waals surface area (Å²) in [5.74, 6) is 2.53. The molecule has 5 fully saturated rings. The zero-order chi connectivity index (χ0) is 23.2. The molecule has 1 aliphatic heterocycles. The van der Waals surface area contributed by atoms with Crippen molar-refractivity contribution in [2.75, 3.05) is 31.2 Å². The number of amides is 1. The molecule has 4 bridgehead atoms. The van der Waals surface area contributed by atoms with Gasteiger partial charge in [-0.05, 0) is 68.4 Å². The number of aliphatic imine (C=N–C) groups is 1. The van der Waals surface area contributed by atoms with E-state index in [0.29, 0.717) is 36.8 Å². The molecule has 33 heavy (non-hydrogen) atoms. The molecule has 5 aliphatic rings. The van der Waals surface area contributed by atoms with Crippen LogP contribution in [-0.2, 0) is 14.9 Å². The van der Waals surface area contributed by atoms with Crippen LogP contribution in [0.25, 0.3) is 0 Å². The lowest BCUT2D eigenvalue weighted by Crippen LogP contribution is -2.57. The predicted octanol–water partition coefficient (Wildman–Crippen LogP) is 2.13. The molecule has 0 spiro atoms. The number of nitrogens with two attached hydrogens (primary N) is 2. The molecule has 1 saturated heterocycles. The topological polar surface area (TPSA) is 131 Å². The van der Waals surface area contributed by atoms with Gasteiger partial charge in [0.2, 0.25) is 5.91 Å². The van der Waals surface area contributed by atoms with Gasteiger partial charge in [-0.2, -0.15) is 5.26 Å². The number of anilines is 1. The first-order valence-corrected chi connectivity index (χ1v) is 12.1. The molecule has 1 amide bonds. The summed E-state index contributed by atoms with van der Waals surface area (Å²) in [6, 6.07) is 6.44. The molecule has 3 atom stereocenters. The second-order valence-corrected chi connectivity index (χ2v) is 10.8. The average molecular weight is 451 g/mol. The van der Waals surface area contributed by atoms with Crippen LogP contribution in [0.15, 0.2) is 23.3 Å². The minimum Gasteiger partial charge on any atom is -0.387 e. The van der Waals surface area contributed by atoms with Gasteiger partial charge in [0.25, 0.3) is 0 Å². The number of ether oxygens (including phenoxy) is 1. The maximum atomic E-state index is 12.3. The first-order chi connectivity index (χ1) is 15.8. The number of morpholine rings is 1. The Hall–Kier alpha value is -2.66. The molecule has 4 aliphatic carbocycles. The third kappa shape index (κ3) is 3.76. The van der Waals surface area contributed by atoms with Crippen LogP contribution in [0.1, 0.15) is 51.0 Å². The monoisotopic (exact) mass is 450 g/mol. The van der Waals surface area contributed by atoms with Crippen molar-refractivity contribution >= 4 is 17.6 Å². The molecule has 8 nitrogen and oxygen atoms in total. The Morgan fingerprint density at radius 2 is 1.97 bits per heavy atom. The Morgan fingerprint density at radius 3 is 2.55 bits per heavy atom.